The minimum absolute atomic E-state index is 0.108. The number of hydrogen-bond acceptors (Lipinski definition) is 12. The molecule has 3 rings (SSSR count). The van der Waals surface area contributed by atoms with Crippen molar-refractivity contribution in [2.24, 2.45) is 17.8 Å². The van der Waals surface area contributed by atoms with Crippen molar-refractivity contribution in [2.75, 3.05) is 13.6 Å². The molecule has 13 heteroatoms. The number of esters is 1. The minimum Gasteiger partial charge on any atom is -0.483 e. The van der Waals surface area contributed by atoms with Crippen molar-refractivity contribution in [2.45, 2.75) is 141 Å². The fourth-order valence-electron chi connectivity index (χ4n) is 7.11. The van der Waals surface area contributed by atoms with Crippen molar-refractivity contribution in [3.05, 3.63) is 29.8 Å². The van der Waals surface area contributed by atoms with Crippen LogP contribution in [0, 0.1) is 17.8 Å². The molecule has 14 atom stereocenters. The van der Waals surface area contributed by atoms with E-state index < -0.39 is 77.8 Å². The van der Waals surface area contributed by atoms with E-state index in [-0.39, 0.29) is 36.5 Å². The van der Waals surface area contributed by atoms with Crippen LogP contribution in [0.2, 0.25) is 0 Å². The Hall–Kier alpha value is -2.36. The molecule has 7 N–H and O–H groups in total. The van der Waals surface area contributed by atoms with Crippen LogP contribution in [0.3, 0.4) is 0 Å². The number of carboxylic acid groups (broad SMARTS) is 1. The number of likely N-dealkylation sites (N-methyl/N-ethyl adjacent to an activating group) is 1. The molecular weight excluding hydrogens is 624 g/mol. The fraction of sp³-hybridized carbons (Fsp3) is 0.771. The summed E-state index contributed by atoms with van der Waals surface area (Å²) < 4.78 is 25.0. The predicted octanol–water partition coefficient (Wildman–Crippen LogP) is 2.08. The summed E-state index contributed by atoms with van der Waals surface area (Å²) in [5.41, 5.74) is -3.23. The molecule has 0 unspecified atom stereocenters. The second kappa shape index (κ2) is 16.6. The van der Waals surface area contributed by atoms with Gasteiger partial charge in [0, 0.05) is 12.0 Å². The third-order valence-corrected chi connectivity index (χ3v) is 10.1. The summed E-state index contributed by atoms with van der Waals surface area (Å²) in [6, 6.07) is 5.15. The second-order valence-electron chi connectivity index (χ2n) is 14.4. The Morgan fingerprint density at radius 2 is 1.71 bits per heavy atom. The van der Waals surface area contributed by atoms with Gasteiger partial charge in [-0.05, 0) is 97.7 Å². The SMILES string of the molecule is CC[C@H]1OC(=O)[C@H](C)[C@@H](O)[C@H](C)[C@@H](O[C@@H]2O[C@H](C)C[C@H](NC)[C@H]2Oc2ccc(C(=O)O)cc2)[C@](C)(O)C[C@@H](C)CN[C@H](C)[C@@H](O)[C@]1(C)O. The van der Waals surface area contributed by atoms with Crippen LogP contribution in [0.5, 0.6) is 5.75 Å². The van der Waals surface area contributed by atoms with Crippen LogP contribution in [0.1, 0.15) is 85.0 Å². The molecule has 0 amide bonds. The van der Waals surface area contributed by atoms with E-state index in [4.69, 9.17) is 18.9 Å². The molecule has 48 heavy (non-hydrogen) atoms. The largest absolute Gasteiger partial charge is 0.483 e. The molecule has 2 fully saturated rings. The lowest BCUT2D eigenvalue weighted by atomic mass is 9.78. The van der Waals surface area contributed by atoms with Crippen molar-refractivity contribution >= 4 is 11.9 Å². The molecule has 0 saturated carbocycles. The number of carbonyl (C=O) groups excluding carboxylic acids is 1. The van der Waals surface area contributed by atoms with Gasteiger partial charge in [-0.15, -0.1) is 0 Å². The average molecular weight is 683 g/mol. The summed E-state index contributed by atoms with van der Waals surface area (Å²) in [4.78, 5) is 24.8. The van der Waals surface area contributed by atoms with Crippen LogP contribution in [0.25, 0.3) is 0 Å². The van der Waals surface area contributed by atoms with Crippen LogP contribution in [-0.2, 0) is 19.0 Å². The van der Waals surface area contributed by atoms with Gasteiger partial charge in [0.15, 0.2) is 12.4 Å². The van der Waals surface area contributed by atoms with Crippen molar-refractivity contribution in [3.8, 4) is 5.75 Å². The van der Waals surface area contributed by atoms with Gasteiger partial charge in [-0.2, -0.15) is 0 Å². The van der Waals surface area contributed by atoms with Gasteiger partial charge in [-0.25, -0.2) is 4.79 Å². The Kier molecular flexibility index (Phi) is 13.8. The molecular formula is C35H58N2O11. The third-order valence-electron chi connectivity index (χ3n) is 10.1. The first kappa shape index (κ1) is 40.1. The highest BCUT2D eigenvalue weighted by atomic mass is 16.7. The first-order valence-electron chi connectivity index (χ1n) is 17.1. The summed E-state index contributed by atoms with van der Waals surface area (Å²) in [5.74, 6) is -3.50. The third kappa shape index (κ3) is 9.45. The number of benzene rings is 1. The maximum absolute atomic E-state index is 13.4. The lowest BCUT2D eigenvalue weighted by Crippen LogP contribution is -2.60. The van der Waals surface area contributed by atoms with E-state index in [1.165, 1.54) is 26.0 Å². The van der Waals surface area contributed by atoms with E-state index in [1.54, 1.807) is 46.9 Å². The molecule has 0 spiro atoms. The molecule has 2 aliphatic heterocycles. The van der Waals surface area contributed by atoms with Gasteiger partial charge in [0.05, 0.1) is 41.4 Å². The fourth-order valence-corrected chi connectivity index (χ4v) is 7.11. The van der Waals surface area contributed by atoms with Crippen LogP contribution >= 0.6 is 0 Å². The van der Waals surface area contributed by atoms with E-state index in [0.29, 0.717) is 18.7 Å². The smallest absolute Gasteiger partial charge is 0.335 e. The van der Waals surface area contributed by atoms with E-state index in [1.807, 2.05) is 13.8 Å². The molecule has 2 saturated heterocycles. The van der Waals surface area contributed by atoms with Gasteiger partial charge >= 0.3 is 11.9 Å². The highest BCUT2D eigenvalue weighted by Crippen LogP contribution is 2.36. The highest BCUT2D eigenvalue weighted by Gasteiger charge is 2.49. The number of hydrogen-bond donors (Lipinski definition) is 7. The van der Waals surface area contributed by atoms with Gasteiger partial charge in [-0.1, -0.05) is 20.8 Å². The number of carbonyl (C=O) groups is 2. The Balaban J connectivity index is 2.01. The molecule has 274 valence electrons. The number of ether oxygens (including phenoxy) is 4. The number of nitrogens with one attached hydrogen (secondary N) is 2. The molecule has 2 aliphatic rings. The maximum Gasteiger partial charge on any atom is 0.335 e. The Morgan fingerprint density at radius 1 is 1.08 bits per heavy atom. The summed E-state index contributed by atoms with van der Waals surface area (Å²) in [6.07, 6.45) is -5.79. The molecule has 0 bridgehead atoms. The molecule has 0 aliphatic carbocycles. The number of aliphatic hydroxyl groups excluding tert-OH is 2. The maximum atomic E-state index is 13.4. The van der Waals surface area contributed by atoms with Crippen LogP contribution in [0.15, 0.2) is 24.3 Å². The van der Waals surface area contributed by atoms with Gasteiger partial charge in [0.2, 0.25) is 0 Å². The number of rotatable bonds is 7. The summed E-state index contributed by atoms with van der Waals surface area (Å²) in [7, 11) is 1.79. The van der Waals surface area contributed by atoms with Crippen molar-refractivity contribution in [3.63, 3.8) is 0 Å². The Bertz CT molecular complexity index is 1200. The quantitative estimate of drug-likeness (QED) is 0.207. The molecule has 0 radical (unpaired) electrons. The number of aliphatic hydroxyl groups is 4. The summed E-state index contributed by atoms with van der Waals surface area (Å²) in [6.45, 7) is 13.9. The minimum atomic E-state index is -1.78. The second-order valence-corrected chi connectivity index (χ2v) is 14.4. The van der Waals surface area contributed by atoms with Crippen molar-refractivity contribution in [1.82, 2.24) is 10.6 Å². The van der Waals surface area contributed by atoms with E-state index in [0.717, 1.165) is 0 Å². The van der Waals surface area contributed by atoms with Gasteiger partial charge in [0.1, 0.15) is 23.6 Å². The average Bonchev–Trinajstić information content (AvgIpc) is 3.03. The Labute approximate surface area is 284 Å². The summed E-state index contributed by atoms with van der Waals surface area (Å²) in [5, 5.41) is 62.0. The predicted molar refractivity (Wildman–Crippen MR) is 177 cm³/mol. The molecule has 1 aromatic rings. The number of cyclic esters (lactones) is 1. The van der Waals surface area contributed by atoms with Crippen molar-refractivity contribution < 1.29 is 54.1 Å². The van der Waals surface area contributed by atoms with E-state index in [2.05, 4.69) is 10.6 Å². The summed E-state index contributed by atoms with van der Waals surface area (Å²) >= 11 is 0. The molecule has 0 aromatic heterocycles. The number of carboxylic acids is 1. The van der Waals surface area contributed by atoms with Gasteiger partial charge in [-0.3, -0.25) is 4.79 Å². The van der Waals surface area contributed by atoms with E-state index in [9.17, 15) is 35.1 Å². The van der Waals surface area contributed by atoms with E-state index >= 15 is 0 Å². The lowest BCUT2D eigenvalue weighted by molar-refractivity contribution is -0.290. The monoisotopic (exact) mass is 682 g/mol. The first-order chi connectivity index (χ1) is 22.3. The van der Waals surface area contributed by atoms with Gasteiger partial charge in [0.25, 0.3) is 0 Å². The Morgan fingerprint density at radius 3 is 2.27 bits per heavy atom. The van der Waals surface area contributed by atoms with Crippen LogP contribution < -0.4 is 15.4 Å². The van der Waals surface area contributed by atoms with Crippen LogP contribution in [-0.4, -0.2) is 117 Å². The number of aromatic carboxylic acids is 1. The van der Waals surface area contributed by atoms with Crippen LogP contribution in [0.4, 0.5) is 0 Å². The zero-order chi connectivity index (χ0) is 36.1. The normalized spacial score (nSPS) is 42.2. The zero-order valence-electron chi connectivity index (χ0n) is 29.8. The topological polar surface area (TPSA) is 196 Å². The van der Waals surface area contributed by atoms with Gasteiger partial charge < -0.3 is 55.1 Å². The standard InChI is InChI=1S/C35H58N2O11/c1-10-26-35(8,44)29(39)22(6)37-17-18(2)16-34(7,43)30(20(4)27(38)21(5)32(42)47-26)48-33-28(25(36-9)15-19(3)45-33)46-24-13-11-23(12-14-24)31(40)41/h11-14,18-22,25-30,33,36-39,43-44H,10,15-17H2,1-9H3,(H,40,41)/t18-,19-,20+,21-,22-,25+,26-,27+,28-,29-,30-,33+,34-,35-/m1/s1. The van der Waals surface area contributed by atoms with Crippen molar-refractivity contribution in [1.29, 1.82) is 0 Å². The molecule has 1 aromatic carbocycles. The molecule has 13 nitrogen and oxygen atoms in total. The lowest BCUT2D eigenvalue weighted by Gasteiger charge is -2.46. The first-order valence-corrected chi connectivity index (χ1v) is 17.1. The zero-order valence-corrected chi connectivity index (χ0v) is 29.8. The molecule has 2 heterocycles. The highest BCUT2D eigenvalue weighted by molar-refractivity contribution is 5.87.